The highest BCUT2D eigenvalue weighted by Gasteiger charge is 2.19. The molecular formula is C21H26NO3. The van der Waals surface area contributed by atoms with E-state index in [4.69, 9.17) is 19.9 Å². The Kier molecular flexibility index (Phi) is 5.69. The van der Waals surface area contributed by atoms with E-state index in [1.807, 2.05) is 37.3 Å². The summed E-state index contributed by atoms with van der Waals surface area (Å²) in [6.07, 6.45) is 6.39. The van der Waals surface area contributed by atoms with Gasteiger partial charge in [-0.15, -0.1) is 0 Å². The zero-order valence-corrected chi connectivity index (χ0v) is 15.0. The molecular weight excluding hydrogens is 314 g/mol. The van der Waals surface area contributed by atoms with Gasteiger partial charge in [-0.1, -0.05) is 12.1 Å². The monoisotopic (exact) mass is 340 g/mol. The van der Waals surface area contributed by atoms with Crippen molar-refractivity contribution in [2.45, 2.75) is 38.7 Å². The van der Waals surface area contributed by atoms with Gasteiger partial charge in [-0.05, 0) is 62.3 Å². The summed E-state index contributed by atoms with van der Waals surface area (Å²) in [5.41, 5.74) is 9.00. The number of nitrogens with two attached hydrogens (primary N) is 1. The molecule has 1 aliphatic heterocycles. The molecule has 0 saturated carbocycles. The van der Waals surface area contributed by atoms with E-state index in [9.17, 15) is 0 Å². The maximum atomic E-state index is 6.10. The number of rotatable bonds is 7. The SMILES string of the molecule is COc1ccc2c(c1)OC(C[CH]CCOc1ccc(C)c(N)c1)CC2. The van der Waals surface area contributed by atoms with E-state index < -0.39 is 0 Å². The number of anilines is 1. The van der Waals surface area contributed by atoms with Crippen LogP contribution in [0.25, 0.3) is 0 Å². The van der Waals surface area contributed by atoms with Crippen molar-refractivity contribution in [1.82, 2.24) is 0 Å². The molecule has 0 aliphatic carbocycles. The Bertz CT molecular complexity index is 714. The first-order valence-electron chi connectivity index (χ1n) is 8.80. The first-order valence-corrected chi connectivity index (χ1v) is 8.80. The summed E-state index contributed by atoms with van der Waals surface area (Å²) in [7, 11) is 1.68. The lowest BCUT2D eigenvalue weighted by Gasteiger charge is -2.26. The predicted octanol–water partition coefficient (Wildman–Crippen LogP) is 4.34. The first kappa shape index (κ1) is 17.5. The fourth-order valence-electron chi connectivity index (χ4n) is 2.97. The van der Waals surface area contributed by atoms with Gasteiger partial charge >= 0.3 is 0 Å². The lowest BCUT2D eigenvalue weighted by atomic mass is 9.99. The molecule has 4 nitrogen and oxygen atoms in total. The predicted molar refractivity (Wildman–Crippen MR) is 100 cm³/mol. The van der Waals surface area contributed by atoms with Crippen LogP contribution in [0, 0.1) is 13.3 Å². The normalized spacial score (nSPS) is 16.0. The molecule has 4 heteroatoms. The Morgan fingerprint density at radius 1 is 1.20 bits per heavy atom. The second-order valence-electron chi connectivity index (χ2n) is 6.43. The summed E-state index contributed by atoms with van der Waals surface area (Å²) >= 11 is 0. The standard InChI is InChI=1S/C21H26NO3/c1-15-6-9-19(13-20(15)22)24-12-4-3-5-17-10-7-16-8-11-18(23-2)14-21(16)25-17/h3,6,8-9,11,13-14,17H,4-5,7,10,12,22H2,1-2H3. The Hall–Kier alpha value is -2.36. The van der Waals surface area contributed by atoms with Gasteiger partial charge in [-0.2, -0.15) is 0 Å². The molecule has 0 spiro atoms. The summed E-state index contributed by atoms with van der Waals surface area (Å²) in [6, 6.07) is 11.9. The second-order valence-corrected chi connectivity index (χ2v) is 6.43. The van der Waals surface area contributed by atoms with Crippen molar-refractivity contribution >= 4 is 5.69 Å². The molecule has 1 aliphatic rings. The Balaban J connectivity index is 1.40. The number of aryl methyl sites for hydroxylation is 2. The molecule has 1 unspecified atom stereocenters. The van der Waals surface area contributed by atoms with Crippen LogP contribution in [0.5, 0.6) is 17.2 Å². The van der Waals surface area contributed by atoms with Crippen molar-refractivity contribution in [2.24, 2.45) is 0 Å². The zero-order valence-electron chi connectivity index (χ0n) is 15.0. The van der Waals surface area contributed by atoms with Crippen molar-refractivity contribution in [3.05, 3.63) is 53.9 Å². The van der Waals surface area contributed by atoms with Gasteiger partial charge in [0.15, 0.2) is 0 Å². The molecule has 1 atom stereocenters. The van der Waals surface area contributed by atoms with Crippen LogP contribution in [0.4, 0.5) is 5.69 Å². The van der Waals surface area contributed by atoms with E-state index in [0.717, 1.165) is 54.2 Å². The molecule has 0 fully saturated rings. The van der Waals surface area contributed by atoms with Gasteiger partial charge in [0.25, 0.3) is 0 Å². The van der Waals surface area contributed by atoms with E-state index >= 15 is 0 Å². The maximum absolute atomic E-state index is 6.10. The number of ether oxygens (including phenoxy) is 3. The average Bonchev–Trinajstić information content (AvgIpc) is 2.63. The quantitative estimate of drug-likeness (QED) is 0.602. The molecule has 0 aromatic heterocycles. The third-order valence-corrected chi connectivity index (χ3v) is 4.57. The number of unbranched alkanes of at least 4 members (excludes halogenated alkanes) is 1. The minimum Gasteiger partial charge on any atom is -0.497 e. The minimum atomic E-state index is 0.231. The van der Waals surface area contributed by atoms with E-state index in [0.29, 0.717) is 6.61 Å². The van der Waals surface area contributed by atoms with E-state index in [-0.39, 0.29) is 6.10 Å². The Morgan fingerprint density at radius 2 is 2.04 bits per heavy atom. The molecule has 1 radical (unpaired) electrons. The summed E-state index contributed by atoms with van der Waals surface area (Å²) in [5, 5.41) is 0. The molecule has 0 amide bonds. The van der Waals surface area contributed by atoms with Crippen LogP contribution >= 0.6 is 0 Å². The van der Waals surface area contributed by atoms with Gasteiger partial charge < -0.3 is 19.9 Å². The molecule has 2 N–H and O–H groups in total. The van der Waals surface area contributed by atoms with Gasteiger partial charge in [-0.25, -0.2) is 0 Å². The highest BCUT2D eigenvalue weighted by atomic mass is 16.5. The number of benzene rings is 2. The van der Waals surface area contributed by atoms with Crippen LogP contribution in [0.3, 0.4) is 0 Å². The number of fused-ring (bicyclic) bond motifs is 1. The molecule has 25 heavy (non-hydrogen) atoms. The van der Waals surface area contributed by atoms with Crippen molar-refractivity contribution < 1.29 is 14.2 Å². The van der Waals surface area contributed by atoms with E-state index in [1.54, 1.807) is 7.11 Å². The number of hydrogen-bond acceptors (Lipinski definition) is 4. The molecule has 2 aromatic carbocycles. The van der Waals surface area contributed by atoms with Crippen LogP contribution in [-0.4, -0.2) is 19.8 Å². The molecule has 0 bridgehead atoms. The maximum Gasteiger partial charge on any atom is 0.126 e. The third-order valence-electron chi connectivity index (χ3n) is 4.57. The Morgan fingerprint density at radius 3 is 2.84 bits per heavy atom. The summed E-state index contributed by atoms with van der Waals surface area (Å²) < 4.78 is 17.1. The highest BCUT2D eigenvalue weighted by Crippen LogP contribution is 2.32. The van der Waals surface area contributed by atoms with Crippen LogP contribution < -0.4 is 19.9 Å². The smallest absolute Gasteiger partial charge is 0.126 e. The molecule has 0 saturated heterocycles. The highest BCUT2D eigenvalue weighted by molar-refractivity contribution is 5.50. The average molecular weight is 340 g/mol. The zero-order chi connectivity index (χ0) is 17.6. The lowest BCUT2D eigenvalue weighted by molar-refractivity contribution is 0.169. The van der Waals surface area contributed by atoms with Gasteiger partial charge in [0.05, 0.1) is 19.8 Å². The fraction of sp³-hybridized carbons (Fsp3) is 0.381. The van der Waals surface area contributed by atoms with Crippen LogP contribution in [0.2, 0.25) is 0 Å². The van der Waals surface area contributed by atoms with Crippen molar-refractivity contribution in [2.75, 3.05) is 19.5 Å². The third kappa shape index (κ3) is 4.59. The van der Waals surface area contributed by atoms with E-state index in [1.165, 1.54) is 5.56 Å². The molecule has 3 rings (SSSR count). The topological polar surface area (TPSA) is 53.7 Å². The van der Waals surface area contributed by atoms with Gasteiger partial charge in [-0.3, -0.25) is 0 Å². The molecule has 1 heterocycles. The molecule has 2 aromatic rings. The number of nitrogen functional groups attached to an aromatic ring is 1. The number of methoxy groups -OCH3 is 1. The lowest BCUT2D eigenvalue weighted by Crippen LogP contribution is -2.22. The fourth-order valence-corrected chi connectivity index (χ4v) is 2.97. The van der Waals surface area contributed by atoms with Gasteiger partial charge in [0.2, 0.25) is 0 Å². The summed E-state index contributed by atoms with van der Waals surface area (Å²) in [5.74, 6) is 2.62. The second kappa shape index (κ2) is 8.15. The van der Waals surface area contributed by atoms with Crippen molar-refractivity contribution in [3.63, 3.8) is 0 Å². The summed E-state index contributed by atoms with van der Waals surface area (Å²) in [4.78, 5) is 0. The summed E-state index contributed by atoms with van der Waals surface area (Å²) in [6.45, 7) is 2.64. The minimum absolute atomic E-state index is 0.231. The number of hydrogen-bond donors (Lipinski definition) is 1. The Labute approximate surface area is 149 Å². The van der Waals surface area contributed by atoms with E-state index in [2.05, 4.69) is 12.5 Å². The largest absolute Gasteiger partial charge is 0.497 e. The van der Waals surface area contributed by atoms with Gasteiger partial charge in [0, 0.05) is 17.8 Å². The van der Waals surface area contributed by atoms with Crippen LogP contribution in [0.15, 0.2) is 36.4 Å². The van der Waals surface area contributed by atoms with Crippen LogP contribution in [-0.2, 0) is 6.42 Å². The van der Waals surface area contributed by atoms with Gasteiger partial charge in [0.1, 0.15) is 17.2 Å². The first-order chi connectivity index (χ1) is 12.2. The van der Waals surface area contributed by atoms with Crippen LogP contribution in [0.1, 0.15) is 30.4 Å². The molecule has 133 valence electrons. The van der Waals surface area contributed by atoms with Crippen molar-refractivity contribution in [3.8, 4) is 17.2 Å². The van der Waals surface area contributed by atoms with Crippen molar-refractivity contribution in [1.29, 1.82) is 0 Å².